The number of pyridine rings is 1. The third-order valence-electron chi connectivity index (χ3n) is 2.98. The normalized spacial score (nSPS) is 9.61. The molecule has 0 fully saturated rings. The molecule has 0 aliphatic rings. The Kier molecular flexibility index (Phi) is 6.25. The molecule has 1 aromatic rings. The third kappa shape index (κ3) is 4.06. The fourth-order valence-electron chi connectivity index (χ4n) is 1.78. The Morgan fingerprint density at radius 1 is 0.870 bits per heavy atom. The van der Waals surface area contributed by atoms with E-state index >= 15 is 0 Å². The summed E-state index contributed by atoms with van der Waals surface area (Å²) < 4.78 is 15.1. The van der Waals surface area contributed by atoms with Crippen LogP contribution >= 0.6 is 0 Å². The van der Waals surface area contributed by atoms with E-state index in [0.29, 0.717) is 0 Å². The predicted octanol–water partition coefficient (Wildman–Crippen LogP) is -0.230. The van der Waals surface area contributed by atoms with Crippen LogP contribution in [-0.4, -0.2) is 53.3 Å². The molecule has 1 aromatic heterocycles. The fourth-order valence-corrected chi connectivity index (χ4v) is 1.78. The van der Waals surface area contributed by atoms with Crippen LogP contribution in [0.15, 0.2) is 30.1 Å². The Hall–Kier alpha value is -2.90. The molecule has 0 amide bonds. The number of hydrogen-bond donors (Lipinski definition) is 0. The molecule has 0 atom stereocenters. The zero-order chi connectivity index (χ0) is 17.6. The maximum absolute atomic E-state index is 12.1. The minimum atomic E-state index is -0.999. The van der Waals surface area contributed by atoms with Gasteiger partial charge in [0.05, 0.1) is 21.3 Å². The van der Waals surface area contributed by atoms with Gasteiger partial charge in [-0.15, -0.1) is 0 Å². The molecule has 0 aliphatic carbocycles. The molecule has 1 heterocycles. The highest BCUT2D eigenvalue weighted by Crippen LogP contribution is 2.13. The average Bonchev–Trinajstić information content (AvgIpc) is 2.57. The lowest BCUT2D eigenvalue weighted by atomic mass is 10.2. The van der Waals surface area contributed by atoms with Crippen molar-refractivity contribution in [3.05, 3.63) is 30.1 Å². The smallest absolute Gasteiger partial charge is 0.405 e. The van der Waals surface area contributed by atoms with Crippen LogP contribution in [0, 0.1) is 0 Å². The number of nitrogens with zero attached hydrogens (tertiary/aromatic N) is 2. The minimum Gasteiger partial charge on any atom is -0.465 e. The largest absolute Gasteiger partial charge is 0.465 e. The molecule has 0 aliphatic heterocycles. The molecular formula is C15H19N2O6+. The summed E-state index contributed by atoms with van der Waals surface area (Å²) in [4.78, 5) is 37.8. The number of aromatic nitrogens is 1. The van der Waals surface area contributed by atoms with Gasteiger partial charge >= 0.3 is 23.6 Å². The summed E-state index contributed by atoms with van der Waals surface area (Å²) in [6.07, 6.45) is 3.04. The van der Waals surface area contributed by atoms with Gasteiger partial charge in [0.15, 0.2) is 12.4 Å². The van der Waals surface area contributed by atoms with Gasteiger partial charge in [0.2, 0.25) is 5.57 Å². The van der Waals surface area contributed by atoms with Gasteiger partial charge in [0.1, 0.15) is 0 Å². The number of esters is 3. The summed E-state index contributed by atoms with van der Waals surface area (Å²) >= 11 is 0. The van der Waals surface area contributed by atoms with Crippen molar-refractivity contribution in [3.8, 4) is 0 Å². The lowest BCUT2D eigenvalue weighted by Crippen LogP contribution is -2.40. The van der Waals surface area contributed by atoms with Gasteiger partial charge in [-0.3, -0.25) is 0 Å². The van der Waals surface area contributed by atoms with Crippen molar-refractivity contribution in [1.82, 2.24) is 0 Å². The molecule has 23 heavy (non-hydrogen) atoms. The first-order valence-corrected chi connectivity index (χ1v) is 6.55. The number of ether oxygens (including phenoxy) is 3. The number of carbonyl (C=O) groups excluding carboxylic acids is 3. The van der Waals surface area contributed by atoms with E-state index in [-0.39, 0.29) is 5.70 Å². The van der Waals surface area contributed by atoms with Crippen molar-refractivity contribution < 1.29 is 33.2 Å². The maximum atomic E-state index is 12.1. The molecule has 8 nitrogen and oxygen atoms in total. The van der Waals surface area contributed by atoms with Crippen molar-refractivity contribution in [2.24, 2.45) is 0 Å². The predicted molar refractivity (Wildman–Crippen MR) is 80.2 cm³/mol. The van der Waals surface area contributed by atoms with Crippen molar-refractivity contribution in [2.45, 2.75) is 0 Å². The average molecular weight is 323 g/mol. The summed E-state index contributed by atoms with van der Waals surface area (Å²) in [6, 6.07) is 3.41. The summed E-state index contributed by atoms with van der Waals surface area (Å²) in [5, 5.41) is 0. The highest BCUT2D eigenvalue weighted by atomic mass is 16.5. The number of rotatable bonds is 5. The van der Waals surface area contributed by atoms with Gasteiger partial charge < -0.3 is 19.1 Å². The van der Waals surface area contributed by atoms with E-state index in [4.69, 9.17) is 0 Å². The fraction of sp³-hybridized carbons (Fsp3) is 0.333. The van der Waals surface area contributed by atoms with Gasteiger partial charge in [-0.05, 0) is 0 Å². The SMILES string of the molecule is COC(=O)C(C(=O)OC)=C(C(=O)OC)[n+]1ccc(N(C)C)cc1. The summed E-state index contributed by atoms with van der Waals surface area (Å²) in [5.74, 6) is -2.87. The van der Waals surface area contributed by atoms with Crippen LogP contribution in [0.1, 0.15) is 0 Å². The summed E-state index contributed by atoms with van der Waals surface area (Å²) in [7, 11) is 7.04. The molecule has 1 rings (SSSR count). The Labute approximate surface area is 133 Å². The van der Waals surface area contributed by atoms with Crippen LogP contribution in [0.4, 0.5) is 5.69 Å². The summed E-state index contributed by atoms with van der Waals surface area (Å²) in [6.45, 7) is 0. The zero-order valence-electron chi connectivity index (χ0n) is 13.7. The van der Waals surface area contributed by atoms with E-state index in [1.54, 1.807) is 12.1 Å². The van der Waals surface area contributed by atoms with E-state index in [2.05, 4.69) is 14.2 Å². The highest BCUT2D eigenvalue weighted by molar-refractivity contribution is 6.26. The first-order chi connectivity index (χ1) is 10.9. The topological polar surface area (TPSA) is 86.0 Å². The van der Waals surface area contributed by atoms with Crippen molar-refractivity contribution in [1.29, 1.82) is 0 Å². The zero-order valence-corrected chi connectivity index (χ0v) is 13.7. The van der Waals surface area contributed by atoms with Crippen LogP contribution in [-0.2, 0) is 28.6 Å². The molecular weight excluding hydrogens is 304 g/mol. The van der Waals surface area contributed by atoms with E-state index in [1.165, 1.54) is 17.0 Å². The molecule has 0 N–H and O–H groups in total. The molecule has 0 radical (unpaired) electrons. The molecule has 0 spiro atoms. The van der Waals surface area contributed by atoms with Gasteiger partial charge in [-0.2, -0.15) is 4.57 Å². The Bertz CT molecular complexity index is 616. The first-order valence-electron chi connectivity index (χ1n) is 6.55. The van der Waals surface area contributed by atoms with E-state index in [0.717, 1.165) is 27.0 Å². The summed E-state index contributed by atoms with van der Waals surface area (Å²) in [5.41, 5.74) is 0.0177. The number of hydrogen-bond acceptors (Lipinski definition) is 7. The van der Waals surface area contributed by atoms with Crippen LogP contribution in [0.5, 0.6) is 0 Å². The van der Waals surface area contributed by atoms with Gasteiger partial charge in [-0.25, -0.2) is 14.4 Å². The van der Waals surface area contributed by atoms with Gasteiger partial charge in [0.25, 0.3) is 0 Å². The van der Waals surface area contributed by atoms with Crippen LogP contribution in [0.3, 0.4) is 0 Å². The lowest BCUT2D eigenvalue weighted by molar-refractivity contribution is -0.578. The minimum absolute atomic E-state index is 0.295. The van der Waals surface area contributed by atoms with E-state index in [1.807, 2.05) is 19.0 Å². The first kappa shape index (κ1) is 18.1. The third-order valence-corrected chi connectivity index (χ3v) is 2.98. The molecule has 0 bridgehead atoms. The second-order valence-electron chi connectivity index (χ2n) is 4.56. The van der Waals surface area contributed by atoms with E-state index < -0.39 is 23.5 Å². The standard InChI is InChI=1S/C15H19N2O6/c1-16(2)10-6-8-17(9-7-10)12(15(20)23-5)11(13(18)21-3)14(19)22-4/h6-9H,1-5H3/q+1. The quantitative estimate of drug-likeness (QED) is 0.185. The molecule has 0 saturated carbocycles. The number of carbonyl (C=O) groups is 3. The molecule has 8 heteroatoms. The monoisotopic (exact) mass is 323 g/mol. The van der Waals surface area contributed by atoms with Crippen molar-refractivity contribution in [3.63, 3.8) is 0 Å². The van der Waals surface area contributed by atoms with Crippen LogP contribution in [0.2, 0.25) is 0 Å². The van der Waals surface area contributed by atoms with Gasteiger partial charge in [0, 0.05) is 31.9 Å². The second-order valence-corrected chi connectivity index (χ2v) is 4.56. The molecule has 0 saturated heterocycles. The molecule has 0 unspecified atom stereocenters. The van der Waals surface area contributed by atoms with Crippen molar-refractivity contribution >= 4 is 29.3 Å². The van der Waals surface area contributed by atoms with Gasteiger partial charge in [-0.1, -0.05) is 0 Å². The van der Waals surface area contributed by atoms with Crippen LogP contribution < -0.4 is 9.47 Å². The number of methoxy groups -OCH3 is 3. The molecule has 0 aromatic carbocycles. The number of anilines is 1. The highest BCUT2D eigenvalue weighted by Gasteiger charge is 2.37. The maximum Gasteiger partial charge on any atom is 0.405 e. The van der Waals surface area contributed by atoms with Crippen molar-refractivity contribution in [2.75, 3.05) is 40.3 Å². The Morgan fingerprint density at radius 3 is 1.65 bits per heavy atom. The Balaban J connectivity index is 3.58. The second kappa shape index (κ2) is 7.92. The lowest BCUT2D eigenvalue weighted by Gasteiger charge is -2.11. The Morgan fingerprint density at radius 2 is 1.30 bits per heavy atom. The van der Waals surface area contributed by atoms with Crippen LogP contribution in [0.25, 0.3) is 5.70 Å². The molecule has 124 valence electrons. The van der Waals surface area contributed by atoms with E-state index in [9.17, 15) is 14.4 Å².